The Kier molecular flexibility index (Phi) is 8.95. The van der Waals surface area contributed by atoms with Crippen LogP contribution in [0.3, 0.4) is 0 Å². The Hall–Kier alpha value is -1.52. The molecule has 0 heterocycles. The molecule has 2 amide bonds. The van der Waals surface area contributed by atoms with E-state index in [1.807, 2.05) is 0 Å². The van der Waals surface area contributed by atoms with Crippen LogP contribution < -0.4 is 5.73 Å². The van der Waals surface area contributed by atoms with Crippen LogP contribution in [0.4, 0.5) is 0 Å². The number of amides is 2. The zero-order chi connectivity index (χ0) is 18.3. The fraction of sp³-hybridized carbons (Fsp3) is 0.714. The number of hydrogen-bond donors (Lipinski definition) is 6. The molecular formula is C14H26N2O7. The van der Waals surface area contributed by atoms with Gasteiger partial charge in [0.05, 0.1) is 12.6 Å². The standard InChI is InChI=1S/C14H26N2O7/c1-4-8(5-7(2)13(15)22)16(3)14(23)12(21)11(20)10(19)9(18)6-17/h5,8-12,17-21H,4,6H2,1-3H3,(H2,15,22)/b7-5+. The van der Waals surface area contributed by atoms with Gasteiger partial charge in [-0.1, -0.05) is 13.0 Å². The van der Waals surface area contributed by atoms with Crippen molar-refractivity contribution in [3.8, 4) is 0 Å². The minimum absolute atomic E-state index is 0.238. The molecule has 0 aromatic heterocycles. The van der Waals surface area contributed by atoms with Crippen molar-refractivity contribution < 1.29 is 35.1 Å². The molecule has 0 aliphatic heterocycles. The van der Waals surface area contributed by atoms with E-state index in [0.717, 1.165) is 4.90 Å². The number of aliphatic hydroxyl groups is 5. The first-order valence-corrected chi connectivity index (χ1v) is 7.16. The number of nitrogens with two attached hydrogens (primary N) is 1. The van der Waals surface area contributed by atoms with Gasteiger partial charge < -0.3 is 36.2 Å². The van der Waals surface area contributed by atoms with Crippen molar-refractivity contribution in [2.24, 2.45) is 5.73 Å². The summed E-state index contributed by atoms with van der Waals surface area (Å²) in [7, 11) is 1.35. The number of aliphatic hydroxyl groups excluding tert-OH is 5. The molecule has 0 saturated carbocycles. The van der Waals surface area contributed by atoms with Gasteiger partial charge >= 0.3 is 0 Å². The summed E-state index contributed by atoms with van der Waals surface area (Å²) in [6, 6.07) is -0.559. The lowest BCUT2D eigenvalue weighted by Gasteiger charge is -2.31. The summed E-state index contributed by atoms with van der Waals surface area (Å²) in [6.07, 6.45) is -5.71. The maximum Gasteiger partial charge on any atom is 0.254 e. The lowest BCUT2D eigenvalue weighted by molar-refractivity contribution is -0.158. The molecule has 0 fully saturated rings. The zero-order valence-corrected chi connectivity index (χ0v) is 13.5. The zero-order valence-electron chi connectivity index (χ0n) is 13.5. The Morgan fingerprint density at radius 1 is 1.17 bits per heavy atom. The Morgan fingerprint density at radius 3 is 2.09 bits per heavy atom. The maximum absolute atomic E-state index is 12.2. The van der Waals surface area contributed by atoms with Gasteiger partial charge in [-0.05, 0) is 13.3 Å². The molecule has 0 aromatic carbocycles. The summed E-state index contributed by atoms with van der Waals surface area (Å²) in [6.45, 7) is 2.38. The van der Waals surface area contributed by atoms with Crippen LogP contribution in [-0.2, 0) is 9.59 Å². The average molecular weight is 334 g/mol. The summed E-state index contributed by atoms with van der Waals surface area (Å²) in [4.78, 5) is 24.3. The molecule has 0 aromatic rings. The highest BCUT2D eigenvalue weighted by molar-refractivity contribution is 5.91. The second-order valence-electron chi connectivity index (χ2n) is 5.31. The van der Waals surface area contributed by atoms with Gasteiger partial charge in [0.25, 0.3) is 5.91 Å². The first-order chi connectivity index (χ1) is 10.6. The largest absolute Gasteiger partial charge is 0.394 e. The monoisotopic (exact) mass is 334 g/mol. The number of hydrogen-bond acceptors (Lipinski definition) is 7. The SMILES string of the molecule is CCC(/C=C(\C)C(N)=O)N(C)C(=O)C(O)C(O)C(O)C(O)CO. The van der Waals surface area contributed by atoms with Gasteiger partial charge in [-0.3, -0.25) is 9.59 Å². The predicted octanol–water partition coefficient (Wildman–Crippen LogP) is -2.91. The van der Waals surface area contributed by atoms with Gasteiger partial charge in [0.15, 0.2) is 6.10 Å². The van der Waals surface area contributed by atoms with Gasteiger partial charge in [0.2, 0.25) is 5.91 Å². The first kappa shape index (κ1) is 21.5. The molecule has 134 valence electrons. The molecule has 0 aliphatic carbocycles. The van der Waals surface area contributed by atoms with E-state index in [2.05, 4.69) is 0 Å². The van der Waals surface area contributed by atoms with Gasteiger partial charge in [0, 0.05) is 12.6 Å². The lowest BCUT2D eigenvalue weighted by atomic mass is 10.0. The summed E-state index contributed by atoms with van der Waals surface area (Å²) >= 11 is 0. The van der Waals surface area contributed by atoms with E-state index in [-0.39, 0.29) is 5.57 Å². The van der Waals surface area contributed by atoms with Crippen molar-refractivity contribution in [2.75, 3.05) is 13.7 Å². The third kappa shape index (κ3) is 5.88. The van der Waals surface area contributed by atoms with Crippen LogP contribution in [0.25, 0.3) is 0 Å². The van der Waals surface area contributed by atoms with Crippen LogP contribution in [-0.4, -0.2) is 86.4 Å². The van der Waals surface area contributed by atoms with E-state index in [1.54, 1.807) is 6.92 Å². The summed E-state index contributed by atoms with van der Waals surface area (Å²) in [5.74, 6) is -1.56. The number of primary amides is 1. The molecule has 0 spiro atoms. The fourth-order valence-electron chi connectivity index (χ4n) is 1.91. The minimum Gasteiger partial charge on any atom is -0.394 e. The molecule has 9 heteroatoms. The van der Waals surface area contributed by atoms with Crippen molar-refractivity contribution in [3.63, 3.8) is 0 Å². The number of rotatable bonds is 9. The van der Waals surface area contributed by atoms with Crippen LogP contribution in [0.15, 0.2) is 11.6 Å². The van der Waals surface area contributed by atoms with Crippen LogP contribution in [0.1, 0.15) is 20.3 Å². The molecule has 23 heavy (non-hydrogen) atoms. The van der Waals surface area contributed by atoms with E-state index in [0.29, 0.717) is 6.42 Å². The summed E-state index contributed by atoms with van der Waals surface area (Å²) in [5, 5.41) is 47.1. The van der Waals surface area contributed by atoms with E-state index >= 15 is 0 Å². The number of carbonyl (C=O) groups is 2. The third-order valence-electron chi connectivity index (χ3n) is 3.60. The highest BCUT2D eigenvalue weighted by atomic mass is 16.4. The highest BCUT2D eigenvalue weighted by Gasteiger charge is 2.36. The maximum atomic E-state index is 12.2. The lowest BCUT2D eigenvalue weighted by Crippen LogP contribution is -2.53. The van der Waals surface area contributed by atoms with Crippen molar-refractivity contribution in [2.45, 2.75) is 50.7 Å². The minimum atomic E-state index is -2.01. The second-order valence-corrected chi connectivity index (χ2v) is 5.31. The highest BCUT2D eigenvalue weighted by Crippen LogP contribution is 2.12. The molecule has 0 radical (unpaired) electrons. The molecule has 7 N–H and O–H groups in total. The van der Waals surface area contributed by atoms with Crippen LogP contribution in [0.5, 0.6) is 0 Å². The van der Waals surface area contributed by atoms with Crippen molar-refractivity contribution in [1.29, 1.82) is 0 Å². The Bertz CT molecular complexity index is 441. The molecule has 0 aliphatic rings. The van der Waals surface area contributed by atoms with Gasteiger partial charge in [-0.2, -0.15) is 0 Å². The van der Waals surface area contributed by atoms with Crippen LogP contribution in [0.2, 0.25) is 0 Å². The summed E-state index contributed by atoms with van der Waals surface area (Å²) < 4.78 is 0. The van der Waals surface area contributed by atoms with Crippen molar-refractivity contribution in [3.05, 3.63) is 11.6 Å². The topological polar surface area (TPSA) is 165 Å². The molecule has 5 unspecified atom stereocenters. The van der Waals surface area contributed by atoms with E-state index < -0.39 is 48.9 Å². The van der Waals surface area contributed by atoms with Crippen LogP contribution in [0, 0.1) is 0 Å². The Labute approximate surface area is 134 Å². The Morgan fingerprint density at radius 2 is 1.70 bits per heavy atom. The second kappa shape index (κ2) is 9.58. The molecule has 0 saturated heterocycles. The predicted molar refractivity (Wildman–Crippen MR) is 80.9 cm³/mol. The summed E-state index contributed by atoms with van der Waals surface area (Å²) in [5.41, 5.74) is 5.37. The molecule has 0 rings (SSSR count). The molecular weight excluding hydrogens is 308 g/mol. The van der Waals surface area contributed by atoms with Crippen LogP contribution >= 0.6 is 0 Å². The van der Waals surface area contributed by atoms with E-state index in [9.17, 15) is 30.0 Å². The molecule has 9 nitrogen and oxygen atoms in total. The number of likely N-dealkylation sites (N-methyl/N-ethyl adjacent to an activating group) is 1. The van der Waals surface area contributed by atoms with Gasteiger partial charge in [0.1, 0.15) is 18.3 Å². The normalized spacial score (nSPS) is 18.7. The van der Waals surface area contributed by atoms with Gasteiger partial charge in [-0.25, -0.2) is 0 Å². The Balaban J connectivity index is 5.11. The third-order valence-corrected chi connectivity index (χ3v) is 3.60. The molecule has 5 atom stereocenters. The van der Waals surface area contributed by atoms with Crippen molar-refractivity contribution >= 4 is 11.8 Å². The number of nitrogens with zero attached hydrogens (tertiary/aromatic N) is 1. The fourth-order valence-corrected chi connectivity index (χ4v) is 1.91. The quantitative estimate of drug-likeness (QED) is 0.246. The van der Waals surface area contributed by atoms with Crippen molar-refractivity contribution in [1.82, 2.24) is 4.90 Å². The molecule has 0 bridgehead atoms. The number of carbonyl (C=O) groups excluding carboxylic acids is 2. The van der Waals surface area contributed by atoms with Gasteiger partial charge in [-0.15, -0.1) is 0 Å². The van der Waals surface area contributed by atoms with E-state index in [1.165, 1.54) is 20.0 Å². The first-order valence-electron chi connectivity index (χ1n) is 7.16. The average Bonchev–Trinajstić information content (AvgIpc) is 2.54. The smallest absolute Gasteiger partial charge is 0.254 e. The van der Waals surface area contributed by atoms with E-state index in [4.69, 9.17) is 10.8 Å².